The van der Waals surface area contributed by atoms with Crippen LogP contribution in [-0.2, 0) is 14.8 Å². The Morgan fingerprint density at radius 2 is 1.81 bits per heavy atom. The van der Waals surface area contributed by atoms with Gasteiger partial charge in [-0.25, -0.2) is 8.42 Å². The smallest absolute Gasteiger partial charge is 0.231 e. The Morgan fingerprint density at radius 1 is 1.24 bits per heavy atom. The topological polar surface area (TPSA) is 87.3 Å². The first-order chi connectivity index (χ1) is 9.28. The molecule has 0 spiro atoms. The van der Waals surface area contributed by atoms with Gasteiger partial charge in [0.05, 0.1) is 11.7 Å². The molecule has 21 heavy (non-hydrogen) atoms. The van der Waals surface area contributed by atoms with Crippen LogP contribution in [0.5, 0.6) is 0 Å². The minimum Gasteiger partial charge on any atom is -0.326 e. The molecule has 1 atom stereocenters. The van der Waals surface area contributed by atoms with Crippen LogP contribution in [0.25, 0.3) is 0 Å². The van der Waals surface area contributed by atoms with E-state index in [1.54, 1.807) is 24.3 Å². The Morgan fingerprint density at radius 3 is 2.29 bits per heavy atom. The molecule has 2 rings (SSSR count). The van der Waals surface area contributed by atoms with Gasteiger partial charge in [0.2, 0.25) is 15.9 Å². The van der Waals surface area contributed by atoms with Crippen molar-refractivity contribution < 1.29 is 13.2 Å². The van der Waals surface area contributed by atoms with E-state index in [9.17, 15) is 13.2 Å². The number of hydrogen-bond acceptors (Lipinski definition) is 4. The van der Waals surface area contributed by atoms with E-state index < -0.39 is 10.0 Å². The van der Waals surface area contributed by atoms with Gasteiger partial charge in [0.15, 0.2) is 0 Å². The van der Waals surface area contributed by atoms with Crippen LogP contribution in [0, 0.1) is 5.41 Å². The minimum absolute atomic E-state index is 0. The van der Waals surface area contributed by atoms with Crippen molar-refractivity contribution in [1.29, 1.82) is 0 Å². The zero-order valence-corrected chi connectivity index (χ0v) is 13.6. The minimum atomic E-state index is -3.28. The Bertz CT molecular complexity index is 596. The number of nitrogens with one attached hydrogen (secondary N) is 3. The van der Waals surface area contributed by atoms with Gasteiger partial charge in [-0.3, -0.25) is 9.52 Å². The molecule has 1 saturated heterocycles. The lowest BCUT2D eigenvalue weighted by molar-refractivity contribution is -0.123. The van der Waals surface area contributed by atoms with E-state index in [0.717, 1.165) is 19.2 Å². The maximum atomic E-state index is 12.2. The average molecular weight is 334 g/mol. The average Bonchev–Trinajstić information content (AvgIpc) is 2.78. The molecule has 6 nitrogen and oxygen atoms in total. The fourth-order valence-corrected chi connectivity index (χ4v) is 2.69. The summed E-state index contributed by atoms with van der Waals surface area (Å²) in [6.45, 7) is 3.45. The summed E-state index contributed by atoms with van der Waals surface area (Å²) in [5.74, 6) is -0.0219. The first-order valence-electron chi connectivity index (χ1n) is 6.39. The SMILES string of the molecule is CC1(C(=O)Nc2ccc(NS(C)(=O)=O)cc2)CCNC1.Cl. The van der Waals surface area contributed by atoms with E-state index in [1.165, 1.54) is 0 Å². The third-order valence-corrected chi connectivity index (χ3v) is 3.97. The Hall–Kier alpha value is -1.31. The van der Waals surface area contributed by atoms with Crippen molar-refractivity contribution in [2.45, 2.75) is 13.3 Å². The number of rotatable bonds is 4. The molecule has 1 unspecified atom stereocenters. The van der Waals surface area contributed by atoms with Gasteiger partial charge >= 0.3 is 0 Å². The van der Waals surface area contributed by atoms with Crippen molar-refractivity contribution in [1.82, 2.24) is 5.32 Å². The fourth-order valence-electron chi connectivity index (χ4n) is 2.13. The molecule has 0 saturated carbocycles. The number of carbonyl (C=O) groups is 1. The molecule has 8 heteroatoms. The summed E-state index contributed by atoms with van der Waals surface area (Å²) in [7, 11) is -3.28. The molecule has 0 radical (unpaired) electrons. The Kier molecular flexibility index (Phi) is 5.61. The number of anilines is 2. The molecule has 3 N–H and O–H groups in total. The van der Waals surface area contributed by atoms with Gasteiger partial charge in [-0.15, -0.1) is 12.4 Å². The third-order valence-electron chi connectivity index (χ3n) is 3.36. The summed E-state index contributed by atoms with van der Waals surface area (Å²) >= 11 is 0. The molecule has 0 bridgehead atoms. The zero-order chi connectivity index (χ0) is 14.8. The Labute approximate surface area is 131 Å². The van der Waals surface area contributed by atoms with E-state index in [4.69, 9.17) is 0 Å². The molecule has 0 aliphatic carbocycles. The van der Waals surface area contributed by atoms with Gasteiger partial charge in [-0.1, -0.05) is 0 Å². The maximum absolute atomic E-state index is 12.2. The number of benzene rings is 1. The second kappa shape index (κ2) is 6.64. The standard InChI is InChI=1S/C13H19N3O3S.ClH/c1-13(7-8-14-9-13)12(17)15-10-3-5-11(6-4-10)16-20(2,18)19;/h3-6,14,16H,7-9H2,1-2H3,(H,15,17);1H. The lowest BCUT2D eigenvalue weighted by Crippen LogP contribution is -2.35. The zero-order valence-electron chi connectivity index (χ0n) is 12.0. The molecular formula is C13H20ClN3O3S. The van der Waals surface area contributed by atoms with Crippen molar-refractivity contribution in [2.75, 3.05) is 29.4 Å². The summed E-state index contributed by atoms with van der Waals surface area (Å²) < 4.78 is 24.6. The molecule has 1 aliphatic rings. The van der Waals surface area contributed by atoms with E-state index >= 15 is 0 Å². The number of halogens is 1. The van der Waals surface area contributed by atoms with Crippen molar-refractivity contribution in [3.8, 4) is 0 Å². The lowest BCUT2D eigenvalue weighted by atomic mass is 9.89. The van der Waals surface area contributed by atoms with Crippen molar-refractivity contribution >= 4 is 39.7 Å². The summed E-state index contributed by atoms with van der Waals surface area (Å²) in [6.07, 6.45) is 1.91. The van der Waals surface area contributed by atoms with Crippen LogP contribution >= 0.6 is 12.4 Å². The lowest BCUT2D eigenvalue weighted by Gasteiger charge is -2.21. The second-order valence-corrected chi connectivity index (χ2v) is 7.14. The van der Waals surface area contributed by atoms with E-state index in [1.807, 2.05) is 6.92 Å². The van der Waals surface area contributed by atoms with Gasteiger partial charge < -0.3 is 10.6 Å². The highest BCUT2D eigenvalue weighted by Gasteiger charge is 2.36. The van der Waals surface area contributed by atoms with Crippen LogP contribution in [0.15, 0.2) is 24.3 Å². The van der Waals surface area contributed by atoms with Crippen LogP contribution in [0.2, 0.25) is 0 Å². The van der Waals surface area contributed by atoms with Gasteiger partial charge in [-0.2, -0.15) is 0 Å². The van der Waals surface area contributed by atoms with Crippen LogP contribution in [0.1, 0.15) is 13.3 Å². The second-order valence-electron chi connectivity index (χ2n) is 5.39. The predicted molar refractivity (Wildman–Crippen MR) is 86.4 cm³/mol. The number of carbonyl (C=O) groups excluding carboxylic acids is 1. The quantitative estimate of drug-likeness (QED) is 0.777. The molecule has 1 aromatic carbocycles. The number of hydrogen-bond donors (Lipinski definition) is 3. The maximum Gasteiger partial charge on any atom is 0.231 e. The van der Waals surface area contributed by atoms with Gasteiger partial charge in [-0.05, 0) is 44.2 Å². The van der Waals surface area contributed by atoms with E-state index in [2.05, 4.69) is 15.4 Å². The third kappa shape index (κ3) is 4.87. The molecule has 118 valence electrons. The van der Waals surface area contributed by atoms with Gasteiger partial charge in [0, 0.05) is 17.9 Å². The van der Waals surface area contributed by atoms with E-state index in [0.29, 0.717) is 17.9 Å². The van der Waals surface area contributed by atoms with Crippen LogP contribution in [0.3, 0.4) is 0 Å². The fraction of sp³-hybridized carbons (Fsp3) is 0.462. The van der Waals surface area contributed by atoms with Crippen LogP contribution in [-0.4, -0.2) is 33.7 Å². The predicted octanol–water partition coefficient (Wildman–Crippen LogP) is 1.42. The summed E-state index contributed by atoms with van der Waals surface area (Å²) in [5.41, 5.74) is 0.741. The van der Waals surface area contributed by atoms with Crippen LogP contribution < -0.4 is 15.4 Å². The molecule has 1 aromatic rings. The van der Waals surface area contributed by atoms with E-state index in [-0.39, 0.29) is 23.7 Å². The summed E-state index contributed by atoms with van der Waals surface area (Å²) in [4.78, 5) is 12.2. The molecule has 0 aromatic heterocycles. The monoisotopic (exact) mass is 333 g/mol. The van der Waals surface area contributed by atoms with Crippen molar-refractivity contribution in [3.63, 3.8) is 0 Å². The first-order valence-corrected chi connectivity index (χ1v) is 8.28. The molecular weight excluding hydrogens is 314 g/mol. The number of sulfonamides is 1. The highest BCUT2D eigenvalue weighted by molar-refractivity contribution is 7.92. The summed E-state index contributed by atoms with van der Waals surface area (Å²) in [6, 6.07) is 6.59. The molecule has 1 aliphatic heterocycles. The number of amides is 1. The summed E-state index contributed by atoms with van der Waals surface area (Å²) in [5, 5.41) is 6.04. The van der Waals surface area contributed by atoms with Crippen molar-refractivity contribution in [2.24, 2.45) is 5.41 Å². The largest absolute Gasteiger partial charge is 0.326 e. The first kappa shape index (κ1) is 17.7. The van der Waals surface area contributed by atoms with Crippen molar-refractivity contribution in [3.05, 3.63) is 24.3 Å². The van der Waals surface area contributed by atoms with Crippen LogP contribution in [0.4, 0.5) is 11.4 Å². The highest BCUT2D eigenvalue weighted by atomic mass is 35.5. The molecule has 1 heterocycles. The normalized spacial score (nSPS) is 21.4. The van der Waals surface area contributed by atoms with Gasteiger partial charge in [0.1, 0.15) is 0 Å². The highest BCUT2D eigenvalue weighted by Crippen LogP contribution is 2.26. The van der Waals surface area contributed by atoms with Gasteiger partial charge in [0.25, 0.3) is 0 Å². The molecule has 1 amide bonds. The molecule has 1 fully saturated rings. The Balaban J connectivity index is 0.00000220.